The first kappa shape index (κ1) is 22.0. The summed E-state index contributed by atoms with van der Waals surface area (Å²) < 4.78 is 0. The summed E-state index contributed by atoms with van der Waals surface area (Å²) >= 11 is 0. The molecule has 1 aromatic carbocycles. The van der Waals surface area contributed by atoms with Crippen molar-refractivity contribution >= 4 is 19.1 Å². The molecule has 0 bridgehead atoms. The van der Waals surface area contributed by atoms with Gasteiger partial charge in [-0.2, -0.15) is 0 Å². The van der Waals surface area contributed by atoms with E-state index in [1.54, 1.807) is 18.7 Å². The molecule has 0 saturated carbocycles. The lowest BCUT2D eigenvalue weighted by Crippen LogP contribution is -2.51. The molecule has 1 aliphatic rings. The Morgan fingerprint density at radius 1 is 1.18 bits per heavy atom. The van der Waals surface area contributed by atoms with Crippen LogP contribution < -0.4 is 10.6 Å². The zero-order valence-electron chi connectivity index (χ0n) is 17.0. The number of nitrogens with zero attached hydrogens (tertiary/aromatic N) is 1. The highest BCUT2D eigenvalue weighted by Crippen LogP contribution is 2.18. The molecule has 8 heteroatoms. The summed E-state index contributed by atoms with van der Waals surface area (Å²) in [5.74, 6) is -1.16. The van der Waals surface area contributed by atoms with Gasteiger partial charge in [0, 0.05) is 13.1 Å². The number of urea groups is 1. The van der Waals surface area contributed by atoms with E-state index in [-0.39, 0.29) is 17.6 Å². The molecule has 2 rings (SSSR count). The average molecular weight is 387 g/mol. The topological polar surface area (TPSA) is 102 Å². The number of amides is 3. The zero-order chi connectivity index (χ0) is 20.8. The van der Waals surface area contributed by atoms with Crippen LogP contribution in [0.1, 0.15) is 45.2 Å². The molecule has 28 heavy (non-hydrogen) atoms. The van der Waals surface area contributed by atoms with Gasteiger partial charge in [-0.25, -0.2) is 4.79 Å². The fourth-order valence-electron chi connectivity index (χ4n) is 3.27. The molecule has 3 amide bonds. The molecule has 1 aliphatic heterocycles. The average Bonchev–Trinajstić information content (AvgIpc) is 2.64. The van der Waals surface area contributed by atoms with Crippen molar-refractivity contribution in [2.24, 2.45) is 5.92 Å². The summed E-state index contributed by atoms with van der Waals surface area (Å²) in [7, 11) is -1.67. The highest BCUT2D eigenvalue weighted by atomic mass is 16.4. The number of nitrogens with one attached hydrogen (secondary N) is 2. The fourth-order valence-corrected chi connectivity index (χ4v) is 3.27. The Bertz CT molecular complexity index is 745. The molecule has 0 spiro atoms. The van der Waals surface area contributed by atoms with E-state index in [4.69, 9.17) is 0 Å². The maximum Gasteiger partial charge on any atom is 0.475 e. The Morgan fingerprint density at radius 3 is 2.39 bits per heavy atom. The summed E-state index contributed by atoms with van der Waals surface area (Å²) in [6.45, 7) is 8.39. The molecule has 1 heterocycles. The van der Waals surface area contributed by atoms with Crippen molar-refractivity contribution in [2.45, 2.75) is 53.0 Å². The van der Waals surface area contributed by atoms with Gasteiger partial charge in [0.1, 0.15) is 5.70 Å². The molecule has 0 fully saturated rings. The van der Waals surface area contributed by atoms with Crippen LogP contribution in [0.25, 0.3) is 0 Å². The maximum absolute atomic E-state index is 12.7. The molecule has 1 aromatic rings. The van der Waals surface area contributed by atoms with Crippen molar-refractivity contribution in [1.82, 2.24) is 15.5 Å². The SMILES string of the molecule is CC(C)=C(NC(=O)N1CCc2ccccc2C1)C(=O)N[C@@H](CC(C)C)B(O)O. The third kappa shape index (κ3) is 5.84. The standard InChI is InChI=1S/C20H30BN3O4/c1-13(2)11-17(21(27)28)22-19(25)18(14(3)4)23-20(26)24-10-9-15-7-5-6-8-16(15)12-24/h5-8,13,17,27-28H,9-12H2,1-4H3,(H,22,25)(H,23,26)/t17-/m0/s1. The molecule has 4 N–H and O–H groups in total. The van der Waals surface area contributed by atoms with Gasteiger partial charge in [-0.05, 0) is 49.3 Å². The number of allylic oxidation sites excluding steroid dienone is 1. The van der Waals surface area contributed by atoms with E-state index in [1.165, 1.54) is 5.56 Å². The number of rotatable bonds is 6. The van der Waals surface area contributed by atoms with Crippen LogP contribution in [0.15, 0.2) is 35.5 Å². The third-order valence-corrected chi connectivity index (χ3v) is 4.78. The second-order valence-corrected chi connectivity index (χ2v) is 7.87. The highest BCUT2D eigenvalue weighted by Gasteiger charge is 2.29. The van der Waals surface area contributed by atoms with Crippen molar-refractivity contribution < 1.29 is 19.6 Å². The van der Waals surface area contributed by atoms with E-state index in [2.05, 4.69) is 16.7 Å². The van der Waals surface area contributed by atoms with Gasteiger partial charge in [-0.3, -0.25) is 4.79 Å². The van der Waals surface area contributed by atoms with Crippen LogP contribution in [0.4, 0.5) is 4.79 Å². The lowest BCUT2D eigenvalue weighted by molar-refractivity contribution is -0.118. The lowest BCUT2D eigenvalue weighted by atomic mass is 9.75. The van der Waals surface area contributed by atoms with Crippen molar-refractivity contribution in [2.75, 3.05) is 6.54 Å². The maximum atomic E-state index is 12.7. The van der Waals surface area contributed by atoms with Gasteiger partial charge in [0.05, 0.1) is 5.94 Å². The van der Waals surface area contributed by atoms with Gasteiger partial charge in [-0.15, -0.1) is 0 Å². The molecular weight excluding hydrogens is 357 g/mol. The Hall–Kier alpha value is -2.32. The Kier molecular flexibility index (Phi) is 7.65. The molecule has 1 atom stereocenters. The molecule has 152 valence electrons. The molecule has 0 aliphatic carbocycles. The van der Waals surface area contributed by atoms with Gasteiger partial charge < -0.3 is 25.6 Å². The summed E-state index contributed by atoms with van der Waals surface area (Å²) in [5.41, 5.74) is 3.12. The molecule has 7 nitrogen and oxygen atoms in total. The van der Waals surface area contributed by atoms with E-state index in [0.717, 1.165) is 12.0 Å². The third-order valence-electron chi connectivity index (χ3n) is 4.78. The summed E-state index contributed by atoms with van der Waals surface area (Å²) in [5, 5.41) is 24.4. The fraction of sp³-hybridized carbons (Fsp3) is 0.500. The number of benzene rings is 1. The predicted octanol–water partition coefficient (Wildman–Crippen LogP) is 1.59. The van der Waals surface area contributed by atoms with Crippen LogP contribution in [0.2, 0.25) is 0 Å². The van der Waals surface area contributed by atoms with Crippen LogP contribution in [-0.4, -0.2) is 46.5 Å². The second kappa shape index (κ2) is 9.75. The second-order valence-electron chi connectivity index (χ2n) is 7.87. The predicted molar refractivity (Wildman–Crippen MR) is 109 cm³/mol. The first-order valence-electron chi connectivity index (χ1n) is 9.66. The minimum absolute atomic E-state index is 0.137. The van der Waals surface area contributed by atoms with E-state index in [1.807, 2.05) is 32.0 Å². The number of hydrogen-bond acceptors (Lipinski definition) is 4. The normalized spacial score (nSPS) is 14.2. The van der Waals surface area contributed by atoms with Gasteiger partial charge in [0.25, 0.3) is 5.91 Å². The van der Waals surface area contributed by atoms with E-state index in [9.17, 15) is 19.6 Å². The van der Waals surface area contributed by atoms with E-state index < -0.39 is 19.0 Å². The minimum Gasteiger partial charge on any atom is -0.426 e. The van der Waals surface area contributed by atoms with Gasteiger partial charge in [-0.1, -0.05) is 38.1 Å². The Labute approximate surface area is 167 Å². The summed E-state index contributed by atoms with van der Waals surface area (Å²) in [4.78, 5) is 27.1. The zero-order valence-corrected chi connectivity index (χ0v) is 17.0. The highest BCUT2D eigenvalue weighted by molar-refractivity contribution is 6.43. The molecular formula is C20H30BN3O4. The van der Waals surface area contributed by atoms with Crippen LogP contribution in [-0.2, 0) is 17.8 Å². The summed E-state index contributed by atoms with van der Waals surface area (Å²) in [6.07, 6.45) is 1.18. The number of hydrogen-bond donors (Lipinski definition) is 4. The number of carbonyl (C=O) groups is 2. The van der Waals surface area contributed by atoms with Crippen LogP contribution in [0.3, 0.4) is 0 Å². The first-order valence-corrected chi connectivity index (χ1v) is 9.66. The van der Waals surface area contributed by atoms with Crippen LogP contribution in [0.5, 0.6) is 0 Å². The summed E-state index contributed by atoms with van der Waals surface area (Å²) in [6, 6.07) is 7.66. The quantitative estimate of drug-likeness (QED) is 0.440. The monoisotopic (exact) mass is 387 g/mol. The molecule has 0 radical (unpaired) electrons. The van der Waals surface area contributed by atoms with Gasteiger partial charge in [0.15, 0.2) is 0 Å². The molecule has 0 unspecified atom stereocenters. The first-order chi connectivity index (χ1) is 13.2. The van der Waals surface area contributed by atoms with Crippen molar-refractivity contribution in [3.63, 3.8) is 0 Å². The van der Waals surface area contributed by atoms with Gasteiger partial charge >= 0.3 is 13.1 Å². The lowest BCUT2D eigenvalue weighted by Gasteiger charge is -2.29. The molecule has 0 saturated heterocycles. The smallest absolute Gasteiger partial charge is 0.426 e. The van der Waals surface area contributed by atoms with Crippen LogP contribution >= 0.6 is 0 Å². The Morgan fingerprint density at radius 2 is 1.82 bits per heavy atom. The number of fused-ring (bicyclic) bond motifs is 1. The minimum atomic E-state index is -1.67. The van der Waals surface area contributed by atoms with E-state index in [0.29, 0.717) is 25.1 Å². The van der Waals surface area contributed by atoms with E-state index >= 15 is 0 Å². The Balaban J connectivity index is 2.05. The molecule has 0 aromatic heterocycles. The van der Waals surface area contributed by atoms with Gasteiger partial charge in [0.2, 0.25) is 0 Å². The van der Waals surface area contributed by atoms with Crippen molar-refractivity contribution in [1.29, 1.82) is 0 Å². The van der Waals surface area contributed by atoms with Crippen LogP contribution in [0, 0.1) is 5.92 Å². The van der Waals surface area contributed by atoms with Crippen molar-refractivity contribution in [3.8, 4) is 0 Å². The largest absolute Gasteiger partial charge is 0.475 e. The number of carbonyl (C=O) groups excluding carboxylic acids is 2. The van der Waals surface area contributed by atoms with Crippen molar-refractivity contribution in [3.05, 3.63) is 46.7 Å².